The van der Waals surface area contributed by atoms with Crippen LogP contribution in [0, 0.1) is 20.8 Å². The van der Waals surface area contributed by atoms with Gasteiger partial charge in [0.05, 0.1) is 6.61 Å². The average Bonchev–Trinajstić information content (AvgIpc) is 2.33. The van der Waals surface area contributed by atoms with Crippen molar-refractivity contribution in [1.82, 2.24) is 9.97 Å². The minimum Gasteiger partial charge on any atom is -0.391 e. The second-order valence-corrected chi connectivity index (χ2v) is 4.39. The van der Waals surface area contributed by atoms with E-state index < -0.39 is 0 Å². The molecule has 0 radical (unpaired) electrons. The summed E-state index contributed by atoms with van der Waals surface area (Å²) in [7, 11) is 0. The third-order valence-electron chi connectivity index (χ3n) is 2.79. The molecule has 94 valence electrons. The second-order valence-electron chi connectivity index (χ2n) is 4.39. The quantitative estimate of drug-likeness (QED) is 0.870. The van der Waals surface area contributed by atoms with Gasteiger partial charge in [0.25, 0.3) is 0 Å². The van der Waals surface area contributed by atoms with Crippen molar-refractivity contribution in [2.24, 2.45) is 0 Å². The number of nitrogens with one attached hydrogen (secondary N) is 1. The van der Waals surface area contributed by atoms with E-state index in [0.29, 0.717) is 17.2 Å². The second kappa shape index (κ2) is 5.14. The fraction of sp³-hybridized carbons (Fsp3) is 0.286. The summed E-state index contributed by atoms with van der Waals surface area (Å²) in [4.78, 5) is 8.40. The molecule has 0 spiro atoms. The highest BCUT2D eigenvalue weighted by Crippen LogP contribution is 2.22. The highest BCUT2D eigenvalue weighted by Gasteiger charge is 2.06. The number of hydrogen-bond acceptors (Lipinski definition) is 4. The van der Waals surface area contributed by atoms with E-state index >= 15 is 0 Å². The highest BCUT2D eigenvalue weighted by molar-refractivity contribution is 5.62. The van der Waals surface area contributed by atoms with E-state index in [-0.39, 0.29) is 6.61 Å². The van der Waals surface area contributed by atoms with Crippen LogP contribution < -0.4 is 5.32 Å². The van der Waals surface area contributed by atoms with Crippen LogP contribution in [-0.2, 0) is 6.61 Å². The Morgan fingerprint density at radius 1 is 1.22 bits per heavy atom. The Hall–Kier alpha value is -1.94. The van der Waals surface area contributed by atoms with E-state index in [1.807, 2.05) is 26.0 Å². The fourth-order valence-corrected chi connectivity index (χ4v) is 1.80. The van der Waals surface area contributed by atoms with Crippen molar-refractivity contribution in [1.29, 1.82) is 0 Å². The summed E-state index contributed by atoms with van der Waals surface area (Å²) >= 11 is 0. The normalized spacial score (nSPS) is 10.4. The van der Waals surface area contributed by atoms with E-state index in [2.05, 4.69) is 28.3 Å². The van der Waals surface area contributed by atoms with Crippen molar-refractivity contribution < 1.29 is 5.11 Å². The summed E-state index contributed by atoms with van der Waals surface area (Å²) in [5, 5.41) is 12.5. The first-order valence-corrected chi connectivity index (χ1v) is 5.88. The van der Waals surface area contributed by atoms with Crippen LogP contribution in [0.15, 0.2) is 24.4 Å². The predicted octanol–water partition coefficient (Wildman–Crippen LogP) is 2.64. The van der Waals surface area contributed by atoms with Gasteiger partial charge in [-0.05, 0) is 32.4 Å². The lowest BCUT2D eigenvalue weighted by Gasteiger charge is -2.12. The molecule has 1 aromatic heterocycles. The zero-order valence-corrected chi connectivity index (χ0v) is 10.9. The van der Waals surface area contributed by atoms with E-state index in [1.54, 1.807) is 6.20 Å². The molecule has 0 atom stereocenters. The Bertz CT molecular complexity index is 567. The molecule has 1 aromatic carbocycles. The van der Waals surface area contributed by atoms with E-state index in [1.165, 1.54) is 5.56 Å². The number of aromatic nitrogens is 2. The van der Waals surface area contributed by atoms with Crippen LogP contribution >= 0.6 is 0 Å². The Kier molecular flexibility index (Phi) is 3.58. The van der Waals surface area contributed by atoms with Gasteiger partial charge in [0, 0.05) is 17.4 Å². The number of anilines is 2. The third kappa shape index (κ3) is 2.65. The van der Waals surface area contributed by atoms with Crippen molar-refractivity contribution in [3.63, 3.8) is 0 Å². The molecule has 0 bridgehead atoms. The van der Waals surface area contributed by atoms with Gasteiger partial charge < -0.3 is 10.4 Å². The molecule has 4 heteroatoms. The topological polar surface area (TPSA) is 58.0 Å². The maximum absolute atomic E-state index is 9.28. The van der Waals surface area contributed by atoms with Crippen LogP contribution in [0.5, 0.6) is 0 Å². The molecule has 2 rings (SSSR count). The lowest BCUT2D eigenvalue weighted by Crippen LogP contribution is -2.03. The molecule has 4 nitrogen and oxygen atoms in total. The summed E-state index contributed by atoms with van der Waals surface area (Å²) in [5.41, 5.74) is 4.06. The minimum atomic E-state index is -0.0759. The van der Waals surface area contributed by atoms with Crippen LogP contribution in [0.2, 0.25) is 0 Å². The van der Waals surface area contributed by atoms with E-state index in [0.717, 1.165) is 11.3 Å². The predicted molar refractivity (Wildman–Crippen MR) is 71.9 cm³/mol. The van der Waals surface area contributed by atoms with Gasteiger partial charge in [-0.25, -0.2) is 9.97 Å². The number of aliphatic hydroxyl groups is 1. The summed E-state index contributed by atoms with van der Waals surface area (Å²) < 4.78 is 0. The first-order chi connectivity index (χ1) is 8.60. The van der Waals surface area contributed by atoms with Crippen molar-refractivity contribution in [3.8, 4) is 0 Å². The smallest absolute Gasteiger partial charge is 0.139 e. The highest BCUT2D eigenvalue weighted by atomic mass is 16.3. The van der Waals surface area contributed by atoms with Crippen LogP contribution in [-0.4, -0.2) is 15.1 Å². The Balaban J connectivity index is 2.36. The van der Waals surface area contributed by atoms with Crippen LogP contribution in [0.25, 0.3) is 0 Å². The number of aliphatic hydroxyl groups excluding tert-OH is 1. The van der Waals surface area contributed by atoms with Crippen molar-refractivity contribution >= 4 is 11.5 Å². The van der Waals surface area contributed by atoms with Gasteiger partial charge in [-0.15, -0.1) is 0 Å². The maximum Gasteiger partial charge on any atom is 0.139 e. The standard InChI is InChI=1S/C14H17N3O/c1-9-4-5-13(10(2)6-9)17-14-12(8-18)7-15-11(3)16-14/h4-7,18H,8H2,1-3H3,(H,15,16,17). The first-order valence-electron chi connectivity index (χ1n) is 5.88. The monoisotopic (exact) mass is 243 g/mol. The fourth-order valence-electron chi connectivity index (χ4n) is 1.80. The van der Waals surface area contributed by atoms with Crippen molar-refractivity contribution in [2.75, 3.05) is 5.32 Å². The molecule has 0 aliphatic carbocycles. The first kappa shape index (κ1) is 12.5. The van der Waals surface area contributed by atoms with Gasteiger partial charge in [0.1, 0.15) is 11.6 Å². The van der Waals surface area contributed by atoms with E-state index in [9.17, 15) is 5.11 Å². The summed E-state index contributed by atoms with van der Waals surface area (Å²) in [6, 6.07) is 6.17. The molecule has 0 aliphatic rings. The average molecular weight is 243 g/mol. The summed E-state index contributed by atoms with van der Waals surface area (Å²) in [6.45, 7) is 5.86. The maximum atomic E-state index is 9.28. The van der Waals surface area contributed by atoms with Crippen LogP contribution in [0.4, 0.5) is 11.5 Å². The SMILES string of the molecule is Cc1ccc(Nc2nc(C)ncc2CO)c(C)c1. The molecular weight excluding hydrogens is 226 g/mol. The number of hydrogen-bond donors (Lipinski definition) is 2. The number of nitrogens with zero attached hydrogens (tertiary/aromatic N) is 2. The van der Waals surface area contributed by atoms with Crippen LogP contribution in [0.3, 0.4) is 0 Å². The molecule has 0 unspecified atom stereocenters. The largest absolute Gasteiger partial charge is 0.391 e. The van der Waals surface area contributed by atoms with Crippen molar-refractivity contribution in [3.05, 3.63) is 46.9 Å². The van der Waals surface area contributed by atoms with Gasteiger partial charge in [-0.2, -0.15) is 0 Å². The zero-order valence-electron chi connectivity index (χ0n) is 10.9. The molecule has 18 heavy (non-hydrogen) atoms. The molecule has 0 aliphatic heterocycles. The summed E-state index contributed by atoms with van der Waals surface area (Å²) in [5.74, 6) is 1.34. The van der Waals surface area contributed by atoms with Gasteiger partial charge >= 0.3 is 0 Å². The van der Waals surface area contributed by atoms with Gasteiger partial charge in [0.2, 0.25) is 0 Å². The number of rotatable bonds is 3. The van der Waals surface area contributed by atoms with Crippen LogP contribution in [0.1, 0.15) is 22.5 Å². The Morgan fingerprint density at radius 3 is 2.67 bits per heavy atom. The zero-order chi connectivity index (χ0) is 13.1. The lowest BCUT2D eigenvalue weighted by molar-refractivity contribution is 0.281. The summed E-state index contributed by atoms with van der Waals surface area (Å²) in [6.07, 6.45) is 1.65. The molecule has 0 fully saturated rings. The van der Waals surface area contributed by atoms with Gasteiger partial charge in [-0.1, -0.05) is 17.7 Å². The molecule has 0 saturated carbocycles. The molecule has 2 aromatic rings. The molecule has 0 amide bonds. The molecular formula is C14H17N3O. The lowest BCUT2D eigenvalue weighted by atomic mass is 10.1. The number of aryl methyl sites for hydroxylation is 3. The molecule has 2 N–H and O–H groups in total. The molecule has 0 saturated heterocycles. The third-order valence-corrected chi connectivity index (χ3v) is 2.79. The van der Waals surface area contributed by atoms with E-state index in [4.69, 9.17) is 0 Å². The van der Waals surface area contributed by atoms with Crippen molar-refractivity contribution in [2.45, 2.75) is 27.4 Å². The molecule has 1 heterocycles. The Morgan fingerprint density at radius 2 is 2.00 bits per heavy atom. The minimum absolute atomic E-state index is 0.0759. The van der Waals surface area contributed by atoms with Gasteiger partial charge in [0.15, 0.2) is 0 Å². The van der Waals surface area contributed by atoms with Gasteiger partial charge in [-0.3, -0.25) is 0 Å². The Labute approximate surface area is 107 Å². The number of benzene rings is 1.